The number of aromatic nitrogens is 2. The predicted molar refractivity (Wildman–Crippen MR) is 133 cm³/mol. The molecule has 2 aromatic rings. The van der Waals surface area contributed by atoms with Gasteiger partial charge in [-0.2, -0.15) is 9.37 Å². The standard InChI is InChI=1S/C24H32FN7O3/c1-5-22(33)28-18-10-19(29-24-27-14-17(25)23(30-24)35-16-12-26-13-16)21(34-4)11-20(18)32-8-6-15(7-9-32)31(2)3/h5,10-11,14-16,26H,1,6-9,12-13H2,2-4H3,(H,28,33)(H,27,29,30). The molecule has 4 rings (SSSR count). The molecule has 0 aliphatic carbocycles. The fraction of sp³-hybridized carbons (Fsp3) is 0.458. The average Bonchev–Trinajstić information content (AvgIpc) is 2.83. The van der Waals surface area contributed by atoms with Crippen LogP contribution < -0.4 is 30.3 Å². The summed E-state index contributed by atoms with van der Waals surface area (Å²) in [5.41, 5.74) is 1.96. The molecule has 11 heteroatoms. The van der Waals surface area contributed by atoms with Crippen LogP contribution in [-0.2, 0) is 4.79 Å². The normalized spacial score (nSPS) is 16.5. The van der Waals surface area contributed by atoms with E-state index in [0.29, 0.717) is 36.3 Å². The van der Waals surface area contributed by atoms with Crippen molar-refractivity contribution in [2.24, 2.45) is 0 Å². The van der Waals surface area contributed by atoms with Gasteiger partial charge in [0.1, 0.15) is 11.9 Å². The third-order valence-electron chi connectivity index (χ3n) is 6.28. The zero-order valence-electron chi connectivity index (χ0n) is 20.3. The molecular formula is C24H32FN7O3. The molecule has 1 amide bonds. The molecule has 188 valence electrons. The van der Waals surface area contributed by atoms with Gasteiger partial charge in [0.2, 0.25) is 17.7 Å². The van der Waals surface area contributed by atoms with Gasteiger partial charge < -0.3 is 35.2 Å². The third-order valence-corrected chi connectivity index (χ3v) is 6.28. The van der Waals surface area contributed by atoms with Crippen LogP contribution in [0.1, 0.15) is 12.8 Å². The quantitative estimate of drug-likeness (QED) is 0.462. The molecule has 2 aliphatic heterocycles. The molecule has 1 aromatic carbocycles. The summed E-state index contributed by atoms with van der Waals surface area (Å²) in [5.74, 6) is -0.399. The number of hydrogen-bond acceptors (Lipinski definition) is 9. The highest BCUT2D eigenvalue weighted by atomic mass is 19.1. The number of ether oxygens (including phenoxy) is 2. The SMILES string of the molecule is C=CC(=O)Nc1cc(Nc2ncc(F)c(OC3CNC3)n2)c(OC)cc1N1CCC(N(C)C)CC1. The van der Waals surface area contributed by atoms with E-state index in [0.717, 1.165) is 37.8 Å². The lowest BCUT2D eigenvalue weighted by Gasteiger charge is -2.37. The van der Waals surface area contributed by atoms with Crippen LogP contribution in [0.15, 0.2) is 31.0 Å². The molecule has 0 unspecified atom stereocenters. The van der Waals surface area contributed by atoms with Crippen LogP contribution in [0.4, 0.5) is 27.4 Å². The second-order valence-electron chi connectivity index (χ2n) is 8.81. The lowest BCUT2D eigenvalue weighted by Crippen LogP contribution is -2.50. The highest BCUT2D eigenvalue weighted by Gasteiger charge is 2.25. The Labute approximate surface area is 204 Å². The molecular weight excluding hydrogens is 453 g/mol. The summed E-state index contributed by atoms with van der Waals surface area (Å²) >= 11 is 0. The number of carbonyl (C=O) groups is 1. The second-order valence-corrected chi connectivity index (χ2v) is 8.81. The van der Waals surface area contributed by atoms with Crippen molar-refractivity contribution in [3.05, 3.63) is 36.8 Å². The van der Waals surface area contributed by atoms with Gasteiger partial charge in [0.25, 0.3) is 5.88 Å². The van der Waals surface area contributed by atoms with Crippen LogP contribution in [-0.4, -0.2) is 80.3 Å². The molecule has 0 spiro atoms. The predicted octanol–water partition coefficient (Wildman–Crippen LogP) is 2.37. The van der Waals surface area contributed by atoms with Gasteiger partial charge in [-0.15, -0.1) is 0 Å². The lowest BCUT2D eigenvalue weighted by molar-refractivity contribution is -0.111. The van der Waals surface area contributed by atoms with Crippen molar-refractivity contribution in [2.75, 3.05) is 62.9 Å². The number of anilines is 4. The van der Waals surface area contributed by atoms with Crippen LogP contribution in [0.3, 0.4) is 0 Å². The first-order valence-corrected chi connectivity index (χ1v) is 11.6. The van der Waals surface area contributed by atoms with Gasteiger partial charge in [0.15, 0.2) is 0 Å². The number of piperidine rings is 1. The maximum atomic E-state index is 14.2. The van der Waals surface area contributed by atoms with Crippen LogP contribution in [0.2, 0.25) is 0 Å². The maximum absolute atomic E-state index is 14.2. The van der Waals surface area contributed by atoms with Crippen LogP contribution in [0.5, 0.6) is 11.6 Å². The van der Waals surface area contributed by atoms with Crippen LogP contribution in [0.25, 0.3) is 0 Å². The van der Waals surface area contributed by atoms with E-state index in [1.54, 1.807) is 13.2 Å². The van der Waals surface area contributed by atoms with E-state index in [1.807, 2.05) is 6.07 Å². The Morgan fingerprint density at radius 2 is 2.03 bits per heavy atom. The molecule has 2 saturated heterocycles. The summed E-state index contributed by atoms with van der Waals surface area (Å²) < 4.78 is 25.4. The van der Waals surface area contributed by atoms with Crippen molar-refractivity contribution in [1.82, 2.24) is 20.2 Å². The van der Waals surface area contributed by atoms with Gasteiger partial charge in [-0.05, 0) is 39.1 Å². The fourth-order valence-corrected chi connectivity index (χ4v) is 4.12. The summed E-state index contributed by atoms with van der Waals surface area (Å²) in [6.45, 7) is 6.52. The zero-order chi connectivity index (χ0) is 24.9. The molecule has 3 N–H and O–H groups in total. The Balaban J connectivity index is 1.62. The van der Waals surface area contributed by atoms with E-state index in [9.17, 15) is 9.18 Å². The Morgan fingerprint density at radius 3 is 2.63 bits per heavy atom. The zero-order valence-corrected chi connectivity index (χ0v) is 20.3. The minimum absolute atomic E-state index is 0.117. The molecule has 10 nitrogen and oxygen atoms in total. The molecule has 0 saturated carbocycles. The minimum atomic E-state index is -0.634. The van der Waals surface area contributed by atoms with Crippen molar-refractivity contribution in [3.8, 4) is 11.6 Å². The topological polar surface area (TPSA) is 104 Å². The van der Waals surface area contributed by atoms with Gasteiger partial charge in [-0.3, -0.25) is 4.79 Å². The van der Waals surface area contributed by atoms with Crippen LogP contribution in [0, 0.1) is 5.82 Å². The molecule has 0 bridgehead atoms. The number of halogens is 1. The van der Waals surface area contributed by atoms with E-state index < -0.39 is 5.82 Å². The molecule has 2 aliphatic rings. The highest BCUT2D eigenvalue weighted by Crippen LogP contribution is 2.39. The largest absolute Gasteiger partial charge is 0.494 e. The van der Waals surface area contributed by atoms with Gasteiger partial charge >= 0.3 is 0 Å². The Kier molecular flexibility index (Phi) is 7.67. The van der Waals surface area contributed by atoms with E-state index in [-0.39, 0.29) is 23.8 Å². The maximum Gasteiger partial charge on any atom is 0.255 e. The first-order valence-electron chi connectivity index (χ1n) is 11.6. The molecule has 35 heavy (non-hydrogen) atoms. The fourth-order valence-electron chi connectivity index (χ4n) is 4.12. The summed E-state index contributed by atoms with van der Waals surface area (Å²) in [7, 11) is 5.75. The first-order chi connectivity index (χ1) is 16.9. The Bertz CT molecular complexity index is 1070. The smallest absolute Gasteiger partial charge is 0.255 e. The minimum Gasteiger partial charge on any atom is -0.494 e. The van der Waals surface area contributed by atoms with Crippen molar-refractivity contribution >= 4 is 28.9 Å². The molecule has 0 atom stereocenters. The number of benzene rings is 1. The van der Waals surface area contributed by atoms with Crippen molar-refractivity contribution < 1.29 is 18.7 Å². The van der Waals surface area contributed by atoms with E-state index in [1.165, 1.54) is 6.08 Å². The number of nitrogens with one attached hydrogen (secondary N) is 3. The lowest BCUT2D eigenvalue weighted by atomic mass is 10.0. The highest BCUT2D eigenvalue weighted by molar-refractivity contribution is 6.02. The van der Waals surface area contributed by atoms with Gasteiger partial charge in [-0.25, -0.2) is 4.98 Å². The monoisotopic (exact) mass is 485 g/mol. The number of amides is 1. The van der Waals surface area contributed by atoms with E-state index >= 15 is 0 Å². The first kappa shape index (κ1) is 24.7. The number of rotatable bonds is 9. The number of carbonyl (C=O) groups excluding carboxylic acids is 1. The molecule has 2 fully saturated rings. The van der Waals surface area contributed by atoms with E-state index in [2.05, 4.69) is 56.4 Å². The number of hydrogen-bond donors (Lipinski definition) is 3. The van der Waals surface area contributed by atoms with Gasteiger partial charge in [0.05, 0.1) is 30.4 Å². The Morgan fingerprint density at radius 1 is 1.29 bits per heavy atom. The summed E-state index contributed by atoms with van der Waals surface area (Å²) in [4.78, 5) is 24.9. The van der Waals surface area contributed by atoms with Crippen molar-refractivity contribution in [2.45, 2.75) is 25.0 Å². The average molecular weight is 486 g/mol. The van der Waals surface area contributed by atoms with Crippen molar-refractivity contribution in [3.63, 3.8) is 0 Å². The summed E-state index contributed by atoms with van der Waals surface area (Å²) in [6.07, 6.45) is 4.17. The molecule has 1 aromatic heterocycles. The second kappa shape index (κ2) is 10.9. The Hall–Kier alpha value is -3.44. The summed E-state index contributed by atoms with van der Waals surface area (Å²) in [5, 5.41) is 9.03. The molecule has 3 heterocycles. The summed E-state index contributed by atoms with van der Waals surface area (Å²) in [6, 6.07) is 4.15. The number of nitrogens with zero attached hydrogens (tertiary/aromatic N) is 4. The van der Waals surface area contributed by atoms with Gasteiger partial charge in [0, 0.05) is 38.3 Å². The van der Waals surface area contributed by atoms with Crippen molar-refractivity contribution in [1.29, 1.82) is 0 Å². The number of methoxy groups -OCH3 is 1. The molecule has 0 radical (unpaired) electrons. The van der Waals surface area contributed by atoms with Crippen LogP contribution >= 0.6 is 0 Å². The third kappa shape index (κ3) is 5.80. The van der Waals surface area contributed by atoms with E-state index in [4.69, 9.17) is 9.47 Å². The van der Waals surface area contributed by atoms with Gasteiger partial charge in [-0.1, -0.05) is 6.58 Å².